The van der Waals surface area contributed by atoms with E-state index in [4.69, 9.17) is 4.74 Å². The molecule has 0 saturated heterocycles. The van der Waals surface area contributed by atoms with Gasteiger partial charge in [-0.1, -0.05) is 23.9 Å². The summed E-state index contributed by atoms with van der Waals surface area (Å²) in [6, 6.07) is 7.26. The summed E-state index contributed by atoms with van der Waals surface area (Å²) in [6.07, 6.45) is 0. The summed E-state index contributed by atoms with van der Waals surface area (Å²) in [6.45, 7) is 5.47. The number of para-hydroxylation sites is 1. The number of thioether (sulfide) groups is 1. The summed E-state index contributed by atoms with van der Waals surface area (Å²) in [5.74, 6) is 0.235. The Kier molecular flexibility index (Phi) is 4.08. The molecule has 8 heteroatoms. The Morgan fingerprint density at radius 3 is 2.67 bits per heavy atom. The molecule has 0 amide bonds. The molecule has 2 aromatic heterocycles. The van der Waals surface area contributed by atoms with Gasteiger partial charge in [-0.15, -0.1) is 10.2 Å². The number of benzene rings is 1. The molecular formula is C16H18N4O3S. The fourth-order valence-corrected chi connectivity index (χ4v) is 3.11. The van der Waals surface area contributed by atoms with E-state index in [1.54, 1.807) is 17.5 Å². The van der Waals surface area contributed by atoms with Gasteiger partial charge in [-0.2, -0.15) is 0 Å². The first-order chi connectivity index (χ1) is 11.3. The minimum Gasteiger partial charge on any atom is -0.459 e. The van der Waals surface area contributed by atoms with E-state index in [9.17, 15) is 9.59 Å². The number of carbonyl (C=O) groups excluding carboxylic acids is 1. The maximum Gasteiger partial charge on any atom is 0.316 e. The van der Waals surface area contributed by atoms with Gasteiger partial charge in [0.05, 0.1) is 16.7 Å². The van der Waals surface area contributed by atoms with Crippen LogP contribution in [-0.2, 0) is 16.6 Å². The molecule has 0 spiro atoms. The van der Waals surface area contributed by atoms with E-state index in [2.05, 4.69) is 10.2 Å². The Balaban J connectivity index is 2.02. The van der Waals surface area contributed by atoms with Crippen LogP contribution in [0.4, 0.5) is 0 Å². The molecule has 126 valence electrons. The maximum absolute atomic E-state index is 12.4. The van der Waals surface area contributed by atoms with E-state index in [1.165, 1.54) is 16.3 Å². The van der Waals surface area contributed by atoms with Crippen LogP contribution in [0.2, 0.25) is 0 Å². The van der Waals surface area contributed by atoms with Crippen LogP contribution in [0.1, 0.15) is 20.8 Å². The molecule has 0 fully saturated rings. The first kappa shape index (κ1) is 16.5. The first-order valence-electron chi connectivity index (χ1n) is 7.45. The zero-order chi connectivity index (χ0) is 17.5. The third-order valence-corrected chi connectivity index (χ3v) is 4.24. The van der Waals surface area contributed by atoms with Crippen LogP contribution >= 0.6 is 11.8 Å². The van der Waals surface area contributed by atoms with Crippen molar-refractivity contribution in [1.29, 1.82) is 0 Å². The van der Waals surface area contributed by atoms with Crippen molar-refractivity contribution in [3.05, 3.63) is 34.6 Å². The van der Waals surface area contributed by atoms with Gasteiger partial charge in [0.2, 0.25) is 5.78 Å². The van der Waals surface area contributed by atoms with Crippen LogP contribution in [0, 0.1) is 0 Å². The van der Waals surface area contributed by atoms with Gasteiger partial charge in [0.25, 0.3) is 5.56 Å². The third kappa shape index (κ3) is 3.01. The van der Waals surface area contributed by atoms with Crippen LogP contribution in [-0.4, -0.2) is 36.5 Å². The summed E-state index contributed by atoms with van der Waals surface area (Å²) in [7, 11) is 1.65. The lowest BCUT2D eigenvalue weighted by molar-refractivity contribution is -0.151. The van der Waals surface area contributed by atoms with Crippen LogP contribution in [0.5, 0.6) is 0 Å². The largest absolute Gasteiger partial charge is 0.459 e. The number of aromatic nitrogens is 4. The number of esters is 1. The summed E-state index contributed by atoms with van der Waals surface area (Å²) in [4.78, 5) is 24.3. The number of hydrogen-bond acceptors (Lipinski definition) is 6. The second-order valence-electron chi connectivity index (χ2n) is 6.37. The Morgan fingerprint density at radius 2 is 1.96 bits per heavy atom. The zero-order valence-corrected chi connectivity index (χ0v) is 14.8. The predicted molar refractivity (Wildman–Crippen MR) is 92.3 cm³/mol. The average molecular weight is 346 g/mol. The summed E-state index contributed by atoms with van der Waals surface area (Å²) < 4.78 is 8.54. The molecule has 0 bridgehead atoms. The van der Waals surface area contributed by atoms with Crippen molar-refractivity contribution in [2.75, 3.05) is 5.75 Å². The molecule has 2 heterocycles. The lowest BCUT2D eigenvalue weighted by Crippen LogP contribution is -2.25. The Morgan fingerprint density at radius 1 is 1.25 bits per heavy atom. The van der Waals surface area contributed by atoms with Crippen LogP contribution in [0.25, 0.3) is 16.7 Å². The van der Waals surface area contributed by atoms with E-state index in [1.807, 2.05) is 39.0 Å². The van der Waals surface area contributed by atoms with Crippen molar-refractivity contribution in [3.63, 3.8) is 0 Å². The standard InChI is InChI=1S/C16H18N4O3S/c1-16(2,3)23-12(21)9-24-15-18-17-14-19(4)13(22)10-7-5-6-8-11(10)20(14)15/h5-8H,9H2,1-4H3. The van der Waals surface area contributed by atoms with Crippen LogP contribution < -0.4 is 5.56 Å². The molecule has 0 aliphatic carbocycles. The number of carbonyl (C=O) groups is 1. The van der Waals surface area contributed by atoms with Crippen molar-refractivity contribution in [2.24, 2.45) is 7.05 Å². The van der Waals surface area contributed by atoms with Gasteiger partial charge in [-0.05, 0) is 32.9 Å². The minimum atomic E-state index is -0.527. The van der Waals surface area contributed by atoms with Gasteiger partial charge < -0.3 is 4.74 Å². The molecular weight excluding hydrogens is 328 g/mol. The molecule has 24 heavy (non-hydrogen) atoms. The molecule has 3 aromatic rings. The van der Waals surface area contributed by atoms with Crippen molar-refractivity contribution < 1.29 is 9.53 Å². The minimum absolute atomic E-state index is 0.120. The van der Waals surface area contributed by atoms with Crippen molar-refractivity contribution >= 4 is 34.4 Å². The number of aryl methyl sites for hydroxylation is 1. The number of fused-ring (bicyclic) bond motifs is 3. The van der Waals surface area contributed by atoms with E-state index in [0.717, 1.165) is 0 Å². The Labute approximate surface area is 142 Å². The molecule has 0 saturated carbocycles. The molecule has 0 aliphatic rings. The highest BCUT2D eigenvalue weighted by Gasteiger charge is 2.19. The lowest BCUT2D eigenvalue weighted by atomic mass is 10.2. The van der Waals surface area contributed by atoms with Crippen LogP contribution in [0.15, 0.2) is 34.2 Å². The SMILES string of the molecule is Cn1c(=O)c2ccccc2n2c(SCC(=O)OC(C)(C)C)nnc12. The van der Waals surface area contributed by atoms with E-state index >= 15 is 0 Å². The molecule has 3 rings (SSSR count). The number of rotatable bonds is 3. The number of hydrogen-bond donors (Lipinski definition) is 0. The smallest absolute Gasteiger partial charge is 0.316 e. The van der Waals surface area contributed by atoms with Crippen LogP contribution in [0.3, 0.4) is 0 Å². The predicted octanol–water partition coefficient (Wildman–Crippen LogP) is 2.01. The second kappa shape index (κ2) is 5.94. The average Bonchev–Trinajstić information content (AvgIpc) is 2.93. The van der Waals surface area contributed by atoms with E-state index in [-0.39, 0.29) is 17.3 Å². The van der Waals surface area contributed by atoms with Gasteiger partial charge in [-0.25, -0.2) is 0 Å². The number of ether oxygens (including phenoxy) is 1. The quantitative estimate of drug-likeness (QED) is 0.533. The van der Waals surface area contributed by atoms with Gasteiger partial charge >= 0.3 is 5.97 Å². The molecule has 0 unspecified atom stereocenters. The van der Waals surface area contributed by atoms with Gasteiger partial charge in [0.1, 0.15) is 5.60 Å². The van der Waals surface area contributed by atoms with Crippen molar-refractivity contribution in [1.82, 2.24) is 19.2 Å². The highest BCUT2D eigenvalue weighted by atomic mass is 32.2. The highest BCUT2D eigenvalue weighted by molar-refractivity contribution is 7.99. The lowest BCUT2D eigenvalue weighted by Gasteiger charge is -2.19. The van der Waals surface area contributed by atoms with E-state index in [0.29, 0.717) is 21.8 Å². The van der Waals surface area contributed by atoms with Gasteiger partial charge in [0, 0.05) is 7.05 Å². The fraction of sp³-hybridized carbons (Fsp3) is 0.375. The molecule has 0 aliphatic heterocycles. The third-order valence-electron chi connectivity index (χ3n) is 3.34. The Hall–Kier alpha value is -2.35. The molecule has 7 nitrogen and oxygen atoms in total. The van der Waals surface area contributed by atoms with Crippen molar-refractivity contribution in [3.8, 4) is 0 Å². The van der Waals surface area contributed by atoms with Crippen molar-refractivity contribution in [2.45, 2.75) is 31.5 Å². The van der Waals surface area contributed by atoms with Gasteiger partial charge in [0.15, 0.2) is 5.16 Å². The first-order valence-corrected chi connectivity index (χ1v) is 8.44. The topological polar surface area (TPSA) is 78.5 Å². The second-order valence-corrected chi connectivity index (χ2v) is 7.32. The summed E-state index contributed by atoms with van der Waals surface area (Å²) in [5.41, 5.74) is 0.0581. The zero-order valence-electron chi connectivity index (χ0n) is 13.9. The summed E-state index contributed by atoms with van der Waals surface area (Å²) in [5, 5.41) is 9.33. The normalized spacial score (nSPS) is 12.0. The van der Waals surface area contributed by atoms with E-state index < -0.39 is 5.60 Å². The highest BCUT2D eigenvalue weighted by Crippen LogP contribution is 2.22. The van der Waals surface area contributed by atoms with Gasteiger partial charge in [-0.3, -0.25) is 18.6 Å². The molecule has 1 aromatic carbocycles. The molecule has 0 N–H and O–H groups in total. The maximum atomic E-state index is 12.4. The Bertz CT molecular complexity index is 985. The number of nitrogens with zero attached hydrogens (tertiary/aromatic N) is 4. The fourth-order valence-electron chi connectivity index (χ4n) is 2.40. The monoisotopic (exact) mass is 346 g/mol. The molecule has 0 atom stereocenters. The molecule has 0 radical (unpaired) electrons. The summed E-state index contributed by atoms with van der Waals surface area (Å²) >= 11 is 1.23.